The van der Waals surface area contributed by atoms with Crippen LogP contribution in [-0.4, -0.2) is 53.6 Å². The van der Waals surface area contributed by atoms with Crippen molar-refractivity contribution in [3.8, 4) is 5.75 Å². The van der Waals surface area contributed by atoms with Crippen LogP contribution < -0.4 is 10.1 Å². The molecule has 2 N–H and O–H groups in total. The number of benzene rings is 1. The summed E-state index contributed by atoms with van der Waals surface area (Å²) in [6.07, 6.45) is 0.840. The SMILES string of the molecule is CCCN(CCC(=O)Nc1cc([N+](=O)[O-])ccc1OC)CC(=O)O. The second-order valence-electron chi connectivity index (χ2n) is 5.11. The Bertz CT molecular complexity index is 605. The molecule has 0 saturated carbocycles. The van der Waals surface area contributed by atoms with E-state index in [4.69, 9.17) is 9.84 Å². The number of aliphatic carboxylic acids is 1. The van der Waals surface area contributed by atoms with Gasteiger partial charge in [0.25, 0.3) is 5.69 Å². The molecule has 24 heavy (non-hydrogen) atoms. The minimum absolute atomic E-state index is 0.0686. The van der Waals surface area contributed by atoms with Crippen molar-refractivity contribution in [1.29, 1.82) is 0 Å². The lowest BCUT2D eigenvalue weighted by Crippen LogP contribution is -2.33. The van der Waals surface area contributed by atoms with Crippen molar-refractivity contribution < 1.29 is 24.4 Å². The summed E-state index contributed by atoms with van der Waals surface area (Å²) in [6, 6.07) is 3.91. The molecule has 0 saturated heterocycles. The number of carboxylic acids is 1. The zero-order chi connectivity index (χ0) is 18.1. The summed E-state index contributed by atoms with van der Waals surface area (Å²) < 4.78 is 5.07. The number of hydrogen-bond donors (Lipinski definition) is 2. The molecule has 0 aliphatic carbocycles. The molecule has 0 aliphatic heterocycles. The number of carbonyl (C=O) groups excluding carboxylic acids is 1. The Labute approximate surface area is 139 Å². The molecule has 0 spiro atoms. The van der Waals surface area contributed by atoms with Crippen molar-refractivity contribution in [3.05, 3.63) is 28.3 Å². The Hall–Kier alpha value is -2.68. The summed E-state index contributed by atoms with van der Waals surface area (Å²) in [4.78, 5) is 34.7. The number of nitro groups is 1. The van der Waals surface area contributed by atoms with E-state index in [9.17, 15) is 19.7 Å². The van der Waals surface area contributed by atoms with Crippen molar-refractivity contribution in [2.24, 2.45) is 0 Å². The van der Waals surface area contributed by atoms with Crippen LogP contribution in [0.4, 0.5) is 11.4 Å². The van der Waals surface area contributed by atoms with Crippen LogP contribution in [-0.2, 0) is 9.59 Å². The fraction of sp³-hybridized carbons (Fsp3) is 0.467. The van der Waals surface area contributed by atoms with Gasteiger partial charge >= 0.3 is 5.97 Å². The van der Waals surface area contributed by atoms with E-state index < -0.39 is 10.9 Å². The largest absolute Gasteiger partial charge is 0.495 e. The number of carbonyl (C=O) groups is 2. The van der Waals surface area contributed by atoms with Crippen molar-refractivity contribution in [1.82, 2.24) is 4.90 Å². The fourth-order valence-electron chi connectivity index (χ4n) is 2.16. The molecule has 0 aromatic heterocycles. The molecular formula is C15H21N3O6. The maximum Gasteiger partial charge on any atom is 0.317 e. The highest BCUT2D eigenvalue weighted by atomic mass is 16.6. The van der Waals surface area contributed by atoms with E-state index in [1.165, 1.54) is 25.3 Å². The lowest BCUT2D eigenvalue weighted by Gasteiger charge is -2.19. The zero-order valence-corrected chi connectivity index (χ0v) is 13.7. The van der Waals surface area contributed by atoms with Crippen LogP contribution in [0.3, 0.4) is 0 Å². The van der Waals surface area contributed by atoms with Gasteiger partial charge in [0.15, 0.2) is 0 Å². The maximum absolute atomic E-state index is 12.0. The van der Waals surface area contributed by atoms with E-state index in [2.05, 4.69) is 5.32 Å². The Morgan fingerprint density at radius 1 is 1.38 bits per heavy atom. The van der Waals surface area contributed by atoms with Crippen LogP contribution in [0.15, 0.2) is 18.2 Å². The zero-order valence-electron chi connectivity index (χ0n) is 13.7. The normalized spacial score (nSPS) is 10.5. The van der Waals surface area contributed by atoms with Crippen LogP contribution in [0.2, 0.25) is 0 Å². The number of nitrogens with one attached hydrogen (secondary N) is 1. The summed E-state index contributed by atoms with van der Waals surface area (Å²) in [6.45, 7) is 2.63. The predicted molar refractivity (Wildman–Crippen MR) is 87.3 cm³/mol. The Kier molecular flexibility index (Phi) is 7.63. The van der Waals surface area contributed by atoms with Crippen LogP contribution in [0.1, 0.15) is 19.8 Å². The fourth-order valence-corrected chi connectivity index (χ4v) is 2.16. The second-order valence-corrected chi connectivity index (χ2v) is 5.11. The van der Waals surface area contributed by atoms with Gasteiger partial charge in [-0.1, -0.05) is 6.92 Å². The Morgan fingerprint density at radius 2 is 2.08 bits per heavy atom. The standard InChI is InChI=1S/C15H21N3O6/c1-3-7-17(10-15(20)21)8-6-14(19)16-12-9-11(18(22)23)4-5-13(12)24-2/h4-5,9H,3,6-8,10H2,1-2H3,(H,16,19)(H,20,21). The Morgan fingerprint density at radius 3 is 2.62 bits per heavy atom. The second kappa shape index (κ2) is 9.46. The van der Waals surface area contributed by atoms with Crippen LogP contribution in [0, 0.1) is 10.1 Å². The van der Waals surface area contributed by atoms with Crippen molar-refractivity contribution in [2.45, 2.75) is 19.8 Å². The smallest absolute Gasteiger partial charge is 0.317 e. The van der Waals surface area contributed by atoms with E-state index in [0.717, 1.165) is 6.42 Å². The van der Waals surface area contributed by atoms with Crippen LogP contribution >= 0.6 is 0 Å². The number of methoxy groups -OCH3 is 1. The van der Waals surface area contributed by atoms with Crippen LogP contribution in [0.5, 0.6) is 5.75 Å². The lowest BCUT2D eigenvalue weighted by molar-refractivity contribution is -0.384. The van der Waals surface area contributed by atoms with Gasteiger partial charge in [0, 0.05) is 25.1 Å². The number of rotatable bonds is 10. The summed E-state index contributed by atoms with van der Waals surface area (Å²) in [7, 11) is 1.40. The first-order valence-electron chi connectivity index (χ1n) is 7.43. The number of amides is 1. The predicted octanol–water partition coefficient (Wildman–Crippen LogP) is 1.73. The topological polar surface area (TPSA) is 122 Å². The quantitative estimate of drug-likeness (QED) is 0.491. The Balaban J connectivity index is 2.71. The number of hydrogen-bond acceptors (Lipinski definition) is 6. The van der Waals surface area contributed by atoms with E-state index in [1.807, 2.05) is 6.92 Å². The first-order chi connectivity index (χ1) is 11.4. The van der Waals surface area contributed by atoms with E-state index in [0.29, 0.717) is 12.3 Å². The van der Waals surface area contributed by atoms with Crippen LogP contribution in [0.25, 0.3) is 0 Å². The molecule has 0 atom stereocenters. The van der Waals surface area contributed by atoms with Gasteiger partial charge in [-0.15, -0.1) is 0 Å². The third-order valence-corrected chi connectivity index (χ3v) is 3.22. The van der Waals surface area contributed by atoms with E-state index in [1.54, 1.807) is 4.90 Å². The molecule has 0 heterocycles. The molecule has 0 unspecified atom stereocenters. The number of carboxylic acid groups (broad SMARTS) is 1. The van der Waals surface area contributed by atoms with Gasteiger partial charge in [0.2, 0.25) is 5.91 Å². The first kappa shape index (κ1) is 19.4. The van der Waals surface area contributed by atoms with E-state index >= 15 is 0 Å². The molecule has 1 rings (SSSR count). The molecular weight excluding hydrogens is 318 g/mol. The number of non-ortho nitro benzene ring substituents is 1. The summed E-state index contributed by atoms with van der Waals surface area (Å²) >= 11 is 0. The van der Waals surface area contributed by atoms with Gasteiger partial charge in [-0.3, -0.25) is 24.6 Å². The highest BCUT2D eigenvalue weighted by Gasteiger charge is 2.15. The monoisotopic (exact) mass is 339 g/mol. The average molecular weight is 339 g/mol. The average Bonchev–Trinajstić information content (AvgIpc) is 2.52. The van der Waals surface area contributed by atoms with Gasteiger partial charge in [-0.05, 0) is 19.0 Å². The number of anilines is 1. The number of ether oxygens (including phenoxy) is 1. The minimum Gasteiger partial charge on any atom is -0.495 e. The minimum atomic E-state index is -0.954. The summed E-state index contributed by atoms with van der Waals surface area (Å²) in [5.41, 5.74) is 0.0431. The van der Waals surface area contributed by atoms with Crippen molar-refractivity contribution in [3.63, 3.8) is 0 Å². The molecule has 0 aliphatic rings. The highest BCUT2D eigenvalue weighted by molar-refractivity contribution is 5.92. The number of nitro benzene ring substituents is 1. The molecule has 9 heteroatoms. The van der Waals surface area contributed by atoms with E-state index in [-0.39, 0.29) is 36.8 Å². The summed E-state index contributed by atoms with van der Waals surface area (Å²) in [5.74, 6) is -1.02. The van der Waals surface area contributed by atoms with Crippen molar-refractivity contribution in [2.75, 3.05) is 32.1 Å². The third kappa shape index (κ3) is 6.21. The first-order valence-corrected chi connectivity index (χ1v) is 7.43. The van der Waals surface area contributed by atoms with Crippen molar-refractivity contribution >= 4 is 23.3 Å². The molecule has 132 valence electrons. The number of nitrogens with zero attached hydrogens (tertiary/aromatic N) is 2. The van der Waals surface area contributed by atoms with Gasteiger partial charge in [-0.2, -0.15) is 0 Å². The van der Waals surface area contributed by atoms with Gasteiger partial charge < -0.3 is 15.2 Å². The molecule has 1 amide bonds. The highest BCUT2D eigenvalue weighted by Crippen LogP contribution is 2.28. The van der Waals surface area contributed by atoms with Gasteiger partial charge in [0.1, 0.15) is 5.75 Å². The third-order valence-electron chi connectivity index (χ3n) is 3.22. The maximum atomic E-state index is 12.0. The molecule has 1 aromatic rings. The summed E-state index contributed by atoms with van der Waals surface area (Å²) in [5, 5.41) is 22.2. The molecule has 0 bridgehead atoms. The lowest BCUT2D eigenvalue weighted by atomic mass is 10.2. The molecule has 0 fully saturated rings. The molecule has 9 nitrogen and oxygen atoms in total. The molecule has 0 radical (unpaired) electrons. The van der Waals surface area contributed by atoms with Gasteiger partial charge in [-0.25, -0.2) is 0 Å². The van der Waals surface area contributed by atoms with Gasteiger partial charge in [0.05, 0.1) is 24.3 Å². The molecule has 1 aromatic carbocycles.